The van der Waals surface area contributed by atoms with E-state index in [4.69, 9.17) is 4.74 Å². The highest BCUT2D eigenvalue weighted by Gasteiger charge is 2.43. The first kappa shape index (κ1) is 14.0. The maximum Gasteiger partial charge on any atom is 0.407 e. The van der Waals surface area contributed by atoms with Gasteiger partial charge in [0.1, 0.15) is 11.4 Å². The SMILES string of the molecule is CC(C)C(=O)[C@H]1C[C@H]1CNC(=O)OC(C)(C)C. The molecule has 1 N–H and O–H groups in total. The second-order valence-electron chi connectivity index (χ2n) is 6.04. The van der Waals surface area contributed by atoms with Gasteiger partial charge in [-0.05, 0) is 33.1 Å². The van der Waals surface area contributed by atoms with Crippen molar-refractivity contribution in [2.24, 2.45) is 17.8 Å². The van der Waals surface area contributed by atoms with Gasteiger partial charge < -0.3 is 10.1 Å². The van der Waals surface area contributed by atoms with Crippen LogP contribution in [0.1, 0.15) is 41.0 Å². The summed E-state index contributed by atoms with van der Waals surface area (Å²) in [6.45, 7) is 9.86. The first-order valence-electron chi connectivity index (χ1n) is 6.21. The largest absolute Gasteiger partial charge is 0.444 e. The van der Waals surface area contributed by atoms with Crippen molar-refractivity contribution in [1.29, 1.82) is 0 Å². The number of Topliss-reactive ketones (excluding diaryl/α,β-unsaturated/α-hetero) is 1. The van der Waals surface area contributed by atoms with E-state index in [-0.39, 0.29) is 11.8 Å². The van der Waals surface area contributed by atoms with E-state index in [2.05, 4.69) is 5.32 Å². The van der Waals surface area contributed by atoms with Crippen molar-refractivity contribution in [3.05, 3.63) is 0 Å². The number of alkyl carbamates (subject to hydrolysis) is 1. The normalized spacial score (nSPS) is 23.4. The maximum absolute atomic E-state index is 11.6. The molecule has 1 aliphatic carbocycles. The lowest BCUT2D eigenvalue weighted by Gasteiger charge is -2.19. The number of nitrogens with one attached hydrogen (secondary N) is 1. The summed E-state index contributed by atoms with van der Waals surface area (Å²) in [6.07, 6.45) is 0.493. The third-order valence-corrected chi connectivity index (χ3v) is 2.76. The van der Waals surface area contributed by atoms with Crippen LogP contribution in [0.5, 0.6) is 0 Å². The van der Waals surface area contributed by atoms with Crippen molar-refractivity contribution in [3.8, 4) is 0 Å². The van der Waals surface area contributed by atoms with Crippen LogP contribution >= 0.6 is 0 Å². The second-order valence-corrected chi connectivity index (χ2v) is 6.04. The van der Waals surface area contributed by atoms with Gasteiger partial charge in [-0.2, -0.15) is 0 Å². The van der Waals surface area contributed by atoms with E-state index in [0.29, 0.717) is 18.2 Å². The van der Waals surface area contributed by atoms with Crippen LogP contribution in [0.4, 0.5) is 4.79 Å². The Morgan fingerprint density at radius 1 is 1.35 bits per heavy atom. The molecule has 1 aliphatic rings. The summed E-state index contributed by atoms with van der Waals surface area (Å²) in [4.78, 5) is 23.0. The number of hydrogen-bond acceptors (Lipinski definition) is 3. The molecule has 4 heteroatoms. The molecule has 0 saturated heterocycles. The number of carbonyl (C=O) groups excluding carboxylic acids is 2. The van der Waals surface area contributed by atoms with Crippen LogP contribution in [-0.4, -0.2) is 24.0 Å². The molecule has 0 radical (unpaired) electrons. The van der Waals surface area contributed by atoms with Gasteiger partial charge in [-0.25, -0.2) is 4.79 Å². The molecule has 0 bridgehead atoms. The van der Waals surface area contributed by atoms with Crippen LogP contribution in [0.25, 0.3) is 0 Å². The van der Waals surface area contributed by atoms with Crippen molar-refractivity contribution >= 4 is 11.9 Å². The Morgan fingerprint density at radius 3 is 2.41 bits per heavy atom. The third kappa shape index (κ3) is 4.75. The molecule has 4 nitrogen and oxygen atoms in total. The topological polar surface area (TPSA) is 55.4 Å². The lowest BCUT2D eigenvalue weighted by molar-refractivity contribution is -0.123. The molecule has 0 unspecified atom stereocenters. The molecule has 1 saturated carbocycles. The van der Waals surface area contributed by atoms with Crippen LogP contribution in [0.2, 0.25) is 0 Å². The Bertz CT molecular complexity index is 304. The summed E-state index contributed by atoms with van der Waals surface area (Å²) >= 11 is 0. The summed E-state index contributed by atoms with van der Waals surface area (Å²) in [5, 5.41) is 2.71. The molecule has 1 rings (SSSR count). The van der Waals surface area contributed by atoms with Crippen molar-refractivity contribution < 1.29 is 14.3 Å². The number of carbonyl (C=O) groups is 2. The van der Waals surface area contributed by atoms with Crippen molar-refractivity contribution in [2.45, 2.75) is 46.6 Å². The summed E-state index contributed by atoms with van der Waals surface area (Å²) in [7, 11) is 0. The molecule has 98 valence electrons. The van der Waals surface area contributed by atoms with E-state index in [1.165, 1.54) is 0 Å². The lowest BCUT2D eigenvalue weighted by Crippen LogP contribution is -2.34. The van der Waals surface area contributed by atoms with E-state index < -0.39 is 11.7 Å². The molecule has 0 aromatic rings. The molecule has 2 atom stereocenters. The Labute approximate surface area is 103 Å². The zero-order valence-corrected chi connectivity index (χ0v) is 11.4. The lowest BCUT2D eigenvalue weighted by atomic mass is 10.0. The molecule has 0 aromatic heterocycles. The van der Waals surface area contributed by atoms with Crippen LogP contribution in [0.15, 0.2) is 0 Å². The Morgan fingerprint density at radius 2 is 1.94 bits per heavy atom. The van der Waals surface area contributed by atoms with Crippen LogP contribution in [0, 0.1) is 17.8 Å². The highest BCUT2D eigenvalue weighted by Crippen LogP contribution is 2.40. The van der Waals surface area contributed by atoms with Gasteiger partial charge in [0, 0.05) is 18.4 Å². The average Bonchev–Trinajstić information content (AvgIpc) is 2.89. The number of ketones is 1. The summed E-state index contributed by atoms with van der Waals surface area (Å²) in [5.41, 5.74) is -0.471. The summed E-state index contributed by atoms with van der Waals surface area (Å²) in [5.74, 6) is 0.842. The van der Waals surface area contributed by atoms with Gasteiger partial charge in [0.15, 0.2) is 0 Å². The van der Waals surface area contributed by atoms with Gasteiger partial charge >= 0.3 is 6.09 Å². The highest BCUT2D eigenvalue weighted by molar-refractivity contribution is 5.85. The first-order chi connectivity index (χ1) is 7.70. The highest BCUT2D eigenvalue weighted by atomic mass is 16.6. The van der Waals surface area contributed by atoms with Crippen LogP contribution < -0.4 is 5.32 Å². The fourth-order valence-corrected chi connectivity index (χ4v) is 1.78. The van der Waals surface area contributed by atoms with Gasteiger partial charge in [0.2, 0.25) is 0 Å². The van der Waals surface area contributed by atoms with Crippen LogP contribution in [-0.2, 0) is 9.53 Å². The second kappa shape index (κ2) is 5.07. The molecule has 1 fully saturated rings. The number of ether oxygens (including phenoxy) is 1. The minimum Gasteiger partial charge on any atom is -0.444 e. The molecular weight excluding hydrogens is 218 g/mol. The molecular formula is C13H23NO3. The van der Waals surface area contributed by atoms with Gasteiger partial charge in [-0.3, -0.25) is 4.79 Å². The monoisotopic (exact) mass is 241 g/mol. The number of amides is 1. The van der Waals surface area contributed by atoms with Crippen molar-refractivity contribution in [3.63, 3.8) is 0 Å². The van der Waals surface area contributed by atoms with Gasteiger partial charge in [-0.1, -0.05) is 13.8 Å². The Hall–Kier alpha value is -1.06. The fourth-order valence-electron chi connectivity index (χ4n) is 1.78. The Kier molecular flexibility index (Phi) is 4.17. The standard InChI is InChI=1S/C13H23NO3/c1-8(2)11(15)10-6-9(10)7-14-12(16)17-13(3,4)5/h8-10H,6-7H2,1-5H3,(H,14,16)/t9-,10-/m0/s1. The number of hydrogen-bond donors (Lipinski definition) is 1. The van der Waals surface area contributed by atoms with E-state index in [0.717, 1.165) is 6.42 Å². The van der Waals surface area contributed by atoms with Gasteiger partial charge in [-0.15, -0.1) is 0 Å². The van der Waals surface area contributed by atoms with E-state index in [9.17, 15) is 9.59 Å². The average molecular weight is 241 g/mol. The van der Waals surface area contributed by atoms with E-state index in [1.807, 2.05) is 34.6 Å². The molecule has 0 spiro atoms. The zero-order chi connectivity index (χ0) is 13.2. The Balaban J connectivity index is 2.22. The molecule has 17 heavy (non-hydrogen) atoms. The van der Waals surface area contributed by atoms with Gasteiger partial charge in [0.05, 0.1) is 0 Å². The summed E-state index contributed by atoms with van der Waals surface area (Å²) < 4.78 is 5.12. The molecule has 1 amide bonds. The minimum absolute atomic E-state index is 0.0894. The summed E-state index contributed by atoms with van der Waals surface area (Å²) in [6, 6.07) is 0. The van der Waals surface area contributed by atoms with E-state index >= 15 is 0 Å². The van der Waals surface area contributed by atoms with Gasteiger partial charge in [0.25, 0.3) is 0 Å². The van der Waals surface area contributed by atoms with Crippen molar-refractivity contribution in [1.82, 2.24) is 5.32 Å². The van der Waals surface area contributed by atoms with E-state index in [1.54, 1.807) is 0 Å². The quantitative estimate of drug-likeness (QED) is 0.822. The third-order valence-electron chi connectivity index (χ3n) is 2.76. The number of rotatable bonds is 4. The zero-order valence-electron chi connectivity index (χ0n) is 11.4. The molecule has 0 aliphatic heterocycles. The maximum atomic E-state index is 11.6. The first-order valence-corrected chi connectivity index (χ1v) is 6.21. The predicted octanol–water partition coefficient (Wildman–Crippen LogP) is 2.37. The van der Waals surface area contributed by atoms with Crippen molar-refractivity contribution in [2.75, 3.05) is 6.54 Å². The minimum atomic E-state index is -0.471. The fraction of sp³-hybridized carbons (Fsp3) is 0.846. The van der Waals surface area contributed by atoms with Crippen LogP contribution in [0.3, 0.4) is 0 Å². The smallest absolute Gasteiger partial charge is 0.407 e. The predicted molar refractivity (Wildman–Crippen MR) is 65.7 cm³/mol. The molecule has 0 heterocycles. The molecule has 0 aromatic carbocycles.